The van der Waals surface area contributed by atoms with E-state index in [-0.39, 0.29) is 0 Å². The molecule has 4 nitrogen and oxygen atoms in total. The second kappa shape index (κ2) is 5.72. The zero-order valence-corrected chi connectivity index (χ0v) is 11.8. The number of rotatable bonds is 3. The molecule has 2 atom stereocenters. The molecule has 1 aliphatic heterocycles. The lowest BCUT2D eigenvalue weighted by molar-refractivity contribution is 0.0696. The van der Waals surface area contributed by atoms with E-state index in [2.05, 4.69) is 24.1 Å². The van der Waals surface area contributed by atoms with Crippen LogP contribution in [0, 0.1) is 6.92 Å². The molecule has 1 aliphatic rings. The number of aryl methyl sites for hydroxylation is 1. The van der Waals surface area contributed by atoms with Crippen molar-refractivity contribution >= 4 is 5.97 Å². The molecule has 0 bridgehead atoms. The minimum Gasteiger partial charge on any atom is -0.478 e. The van der Waals surface area contributed by atoms with Crippen molar-refractivity contribution in [2.75, 3.05) is 13.1 Å². The predicted octanol–water partition coefficient (Wildman–Crippen LogP) is 1.88. The summed E-state index contributed by atoms with van der Waals surface area (Å²) in [6, 6.07) is 6.64. The Kier molecular flexibility index (Phi) is 4.22. The average molecular weight is 262 g/mol. The lowest BCUT2D eigenvalue weighted by Gasteiger charge is -2.39. The van der Waals surface area contributed by atoms with E-state index in [1.54, 1.807) is 6.07 Å². The molecule has 2 N–H and O–H groups in total. The highest BCUT2D eigenvalue weighted by Gasteiger charge is 2.24. The van der Waals surface area contributed by atoms with Gasteiger partial charge in [-0.1, -0.05) is 12.1 Å². The van der Waals surface area contributed by atoms with Gasteiger partial charge in [0.25, 0.3) is 0 Å². The van der Waals surface area contributed by atoms with E-state index in [0.717, 1.165) is 25.2 Å². The van der Waals surface area contributed by atoms with Gasteiger partial charge >= 0.3 is 5.97 Å². The van der Waals surface area contributed by atoms with Gasteiger partial charge in [-0.05, 0) is 38.0 Å². The van der Waals surface area contributed by atoms with E-state index in [1.807, 2.05) is 19.1 Å². The zero-order chi connectivity index (χ0) is 14.0. The third kappa shape index (κ3) is 3.14. The topological polar surface area (TPSA) is 52.6 Å². The molecule has 1 saturated heterocycles. The van der Waals surface area contributed by atoms with Gasteiger partial charge in [-0.2, -0.15) is 0 Å². The summed E-state index contributed by atoms with van der Waals surface area (Å²) in [5.74, 6) is -0.854. The summed E-state index contributed by atoms with van der Waals surface area (Å²) < 4.78 is 0. The maximum absolute atomic E-state index is 11.0. The molecular weight excluding hydrogens is 240 g/mol. The highest BCUT2D eigenvalue weighted by atomic mass is 16.4. The molecule has 1 fully saturated rings. The molecule has 0 saturated carbocycles. The Morgan fingerprint density at radius 3 is 2.53 bits per heavy atom. The van der Waals surface area contributed by atoms with Crippen molar-refractivity contribution in [2.24, 2.45) is 0 Å². The minimum atomic E-state index is -0.854. The van der Waals surface area contributed by atoms with E-state index in [4.69, 9.17) is 5.11 Å². The number of piperazine rings is 1. The average Bonchev–Trinajstić information content (AvgIpc) is 2.33. The van der Waals surface area contributed by atoms with Crippen LogP contribution in [0.2, 0.25) is 0 Å². The highest BCUT2D eigenvalue weighted by Crippen LogP contribution is 2.17. The number of carboxylic acid groups (broad SMARTS) is 1. The van der Waals surface area contributed by atoms with Crippen molar-refractivity contribution < 1.29 is 9.90 Å². The number of nitrogens with one attached hydrogen (secondary N) is 1. The SMILES string of the molecule is Cc1cc(CN2[C@H](C)CNC[C@@H]2C)ccc1C(=O)O. The summed E-state index contributed by atoms with van der Waals surface area (Å²) in [5, 5.41) is 12.5. The second-order valence-corrected chi connectivity index (χ2v) is 5.48. The van der Waals surface area contributed by atoms with Gasteiger partial charge < -0.3 is 10.4 Å². The molecule has 1 heterocycles. The van der Waals surface area contributed by atoms with Crippen LogP contribution in [0.1, 0.15) is 35.3 Å². The molecule has 0 amide bonds. The van der Waals surface area contributed by atoms with Crippen LogP contribution in [0.3, 0.4) is 0 Å². The quantitative estimate of drug-likeness (QED) is 0.873. The van der Waals surface area contributed by atoms with Crippen molar-refractivity contribution in [3.63, 3.8) is 0 Å². The fraction of sp³-hybridized carbons (Fsp3) is 0.533. The molecule has 104 valence electrons. The lowest BCUT2D eigenvalue weighted by Crippen LogP contribution is -2.54. The number of aromatic carboxylic acids is 1. The van der Waals surface area contributed by atoms with Crippen molar-refractivity contribution in [3.8, 4) is 0 Å². The molecule has 0 aliphatic carbocycles. The molecule has 0 radical (unpaired) electrons. The molecule has 4 heteroatoms. The van der Waals surface area contributed by atoms with Crippen LogP contribution in [0.25, 0.3) is 0 Å². The van der Waals surface area contributed by atoms with Crippen molar-refractivity contribution in [3.05, 3.63) is 34.9 Å². The summed E-state index contributed by atoms with van der Waals surface area (Å²) in [5.41, 5.74) is 2.41. The normalized spacial score (nSPS) is 24.4. The zero-order valence-electron chi connectivity index (χ0n) is 11.8. The Balaban J connectivity index is 2.14. The van der Waals surface area contributed by atoms with E-state index < -0.39 is 5.97 Å². The first-order valence-corrected chi connectivity index (χ1v) is 6.78. The van der Waals surface area contributed by atoms with Gasteiger partial charge in [0.2, 0.25) is 0 Å². The van der Waals surface area contributed by atoms with Crippen LogP contribution < -0.4 is 5.32 Å². The predicted molar refractivity (Wildman–Crippen MR) is 75.5 cm³/mol. The van der Waals surface area contributed by atoms with Crippen LogP contribution in [0.15, 0.2) is 18.2 Å². The van der Waals surface area contributed by atoms with Crippen LogP contribution in [0.5, 0.6) is 0 Å². The maximum Gasteiger partial charge on any atom is 0.335 e. The Morgan fingerprint density at radius 1 is 1.37 bits per heavy atom. The third-order valence-corrected chi connectivity index (χ3v) is 3.90. The number of carbonyl (C=O) groups is 1. The Morgan fingerprint density at radius 2 is 2.00 bits per heavy atom. The summed E-state index contributed by atoms with van der Waals surface area (Å²) in [6.45, 7) is 9.21. The number of hydrogen-bond acceptors (Lipinski definition) is 3. The van der Waals surface area contributed by atoms with Crippen molar-refractivity contribution in [1.29, 1.82) is 0 Å². The molecular formula is C15H22N2O2. The van der Waals surface area contributed by atoms with E-state index in [1.165, 1.54) is 5.56 Å². The lowest BCUT2D eigenvalue weighted by atomic mass is 10.0. The third-order valence-electron chi connectivity index (χ3n) is 3.90. The molecule has 0 unspecified atom stereocenters. The fourth-order valence-electron chi connectivity index (χ4n) is 2.76. The summed E-state index contributed by atoms with van der Waals surface area (Å²) >= 11 is 0. The monoisotopic (exact) mass is 262 g/mol. The van der Waals surface area contributed by atoms with Gasteiger partial charge in [0.1, 0.15) is 0 Å². The van der Waals surface area contributed by atoms with Crippen LogP contribution in [-0.4, -0.2) is 41.1 Å². The van der Waals surface area contributed by atoms with Gasteiger partial charge in [-0.15, -0.1) is 0 Å². The Labute approximate surface area is 114 Å². The summed E-state index contributed by atoms with van der Waals surface area (Å²) in [4.78, 5) is 13.5. The maximum atomic E-state index is 11.0. The van der Waals surface area contributed by atoms with Crippen LogP contribution >= 0.6 is 0 Å². The molecule has 19 heavy (non-hydrogen) atoms. The second-order valence-electron chi connectivity index (χ2n) is 5.48. The van der Waals surface area contributed by atoms with Crippen molar-refractivity contribution in [1.82, 2.24) is 10.2 Å². The van der Waals surface area contributed by atoms with Gasteiger partial charge in [-0.3, -0.25) is 4.90 Å². The van der Waals surface area contributed by atoms with Crippen LogP contribution in [-0.2, 0) is 6.54 Å². The van der Waals surface area contributed by atoms with E-state index in [9.17, 15) is 4.79 Å². The molecule has 1 aromatic rings. The molecule has 2 rings (SSSR count). The van der Waals surface area contributed by atoms with Gasteiger partial charge in [0, 0.05) is 31.7 Å². The van der Waals surface area contributed by atoms with E-state index in [0.29, 0.717) is 17.6 Å². The number of benzene rings is 1. The minimum absolute atomic E-state index is 0.394. The van der Waals surface area contributed by atoms with Gasteiger partial charge in [-0.25, -0.2) is 4.79 Å². The van der Waals surface area contributed by atoms with E-state index >= 15 is 0 Å². The summed E-state index contributed by atoms with van der Waals surface area (Å²) in [7, 11) is 0. The van der Waals surface area contributed by atoms with Crippen LogP contribution in [0.4, 0.5) is 0 Å². The summed E-state index contributed by atoms with van der Waals surface area (Å²) in [6.07, 6.45) is 0. The first-order valence-electron chi connectivity index (χ1n) is 6.78. The fourth-order valence-corrected chi connectivity index (χ4v) is 2.76. The molecule has 0 aromatic heterocycles. The Bertz CT molecular complexity index is 463. The highest BCUT2D eigenvalue weighted by molar-refractivity contribution is 5.89. The van der Waals surface area contributed by atoms with Gasteiger partial charge in [0.15, 0.2) is 0 Å². The molecule has 0 spiro atoms. The standard InChI is InChI=1S/C15H22N2O2/c1-10-6-13(4-5-14(10)15(18)19)9-17-11(2)7-16-8-12(17)3/h4-6,11-12,16H,7-9H2,1-3H3,(H,18,19)/t11-,12+. The number of nitrogens with zero attached hydrogens (tertiary/aromatic N) is 1. The number of carboxylic acids is 1. The smallest absolute Gasteiger partial charge is 0.335 e. The Hall–Kier alpha value is -1.39. The first kappa shape index (κ1) is 14.0. The largest absolute Gasteiger partial charge is 0.478 e. The number of hydrogen-bond donors (Lipinski definition) is 2. The first-order chi connectivity index (χ1) is 8.99. The van der Waals surface area contributed by atoms with Crippen molar-refractivity contribution in [2.45, 2.75) is 39.4 Å². The van der Waals surface area contributed by atoms with Gasteiger partial charge in [0.05, 0.1) is 5.56 Å². The molecule has 1 aromatic carbocycles.